The molecule has 2 aromatic rings. The van der Waals surface area contributed by atoms with Crippen molar-refractivity contribution in [3.05, 3.63) is 41.0 Å². The first-order valence-corrected chi connectivity index (χ1v) is 10.4. The van der Waals surface area contributed by atoms with Crippen molar-refractivity contribution in [2.45, 2.75) is 78.1 Å². The topological polar surface area (TPSA) is 46.9 Å². The van der Waals surface area contributed by atoms with Crippen molar-refractivity contribution in [2.75, 3.05) is 5.32 Å². The van der Waals surface area contributed by atoms with Crippen molar-refractivity contribution < 1.29 is 4.79 Å². The van der Waals surface area contributed by atoms with Crippen LogP contribution in [0, 0.1) is 0 Å². The molecule has 0 aliphatic heterocycles. The highest BCUT2D eigenvalue weighted by molar-refractivity contribution is 6.32. The maximum atomic E-state index is 12.4. The average molecular weight is 390 g/mol. The highest BCUT2D eigenvalue weighted by Gasteiger charge is 2.22. The van der Waals surface area contributed by atoms with Gasteiger partial charge < -0.3 is 5.32 Å². The summed E-state index contributed by atoms with van der Waals surface area (Å²) in [5.74, 6) is 0.697. The van der Waals surface area contributed by atoms with E-state index in [0.717, 1.165) is 24.2 Å². The molecule has 0 spiro atoms. The molecule has 0 atom stereocenters. The predicted octanol–water partition coefficient (Wildman–Crippen LogP) is 6.51. The summed E-state index contributed by atoms with van der Waals surface area (Å²) in [4.78, 5) is 12.4. The number of benzene rings is 1. The Bertz CT molecular complexity index is 746. The molecule has 27 heavy (non-hydrogen) atoms. The molecule has 0 aliphatic rings. The Morgan fingerprint density at radius 2 is 1.78 bits per heavy atom. The number of amides is 1. The summed E-state index contributed by atoms with van der Waals surface area (Å²) < 4.78 is 1.74. The maximum absolute atomic E-state index is 12.4. The molecule has 148 valence electrons. The number of para-hydroxylation sites is 1. The van der Waals surface area contributed by atoms with Gasteiger partial charge in [-0.3, -0.25) is 4.79 Å². The van der Waals surface area contributed by atoms with Gasteiger partial charge >= 0.3 is 0 Å². The molecule has 1 aromatic heterocycles. The molecule has 1 amide bonds. The van der Waals surface area contributed by atoms with E-state index in [4.69, 9.17) is 16.7 Å². The van der Waals surface area contributed by atoms with Gasteiger partial charge in [-0.05, 0) is 18.6 Å². The molecule has 1 aromatic carbocycles. The molecule has 1 N–H and O–H groups in total. The lowest BCUT2D eigenvalue weighted by atomic mass is 9.92. The van der Waals surface area contributed by atoms with E-state index >= 15 is 0 Å². The number of unbranched alkanes of at least 4 members (excludes halogenated alkanes) is 5. The number of rotatable bonds is 9. The van der Waals surface area contributed by atoms with Crippen molar-refractivity contribution in [1.29, 1.82) is 0 Å². The minimum absolute atomic E-state index is 0.0270. The molecule has 0 saturated heterocycles. The van der Waals surface area contributed by atoms with Gasteiger partial charge in [-0.2, -0.15) is 5.10 Å². The van der Waals surface area contributed by atoms with Crippen LogP contribution in [-0.4, -0.2) is 15.7 Å². The van der Waals surface area contributed by atoms with Crippen molar-refractivity contribution in [3.63, 3.8) is 0 Å². The van der Waals surface area contributed by atoms with E-state index in [0.29, 0.717) is 17.3 Å². The third kappa shape index (κ3) is 6.39. The fraction of sp³-hybridized carbons (Fsp3) is 0.545. The molecule has 0 aliphatic carbocycles. The Balaban J connectivity index is 2.10. The first-order chi connectivity index (χ1) is 12.8. The lowest BCUT2D eigenvalue weighted by Crippen LogP contribution is -2.15. The van der Waals surface area contributed by atoms with Gasteiger partial charge in [0.05, 0.1) is 16.4 Å². The van der Waals surface area contributed by atoms with Crippen molar-refractivity contribution in [3.8, 4) is 5.69 Å². The van der Waals surface area contributed by atoms with Crippen molar-refractivity contribution in [2.24, 2.45) is 0 Å². The van der Waals surface area contributed by atoms with E-state index in [1.165, 1.54) is 25.7 Å². The molecule has 2 rings (SSSR count). The average Bonchev–Trinajstić information content (AvgIpc) is 3.02. The van der Waals surface area contributed by atoms with Crippen LogP contribution in [0.25, 0.3) is 5.69 Å². The third-order valence-corrected chi connectivity index (χ3v) is 4.90. The molecule has 5 heteroatoms. The van der Waals surface area contributed by atoms with Crippen LogP contribution in [0.15, 0.2) is 30.3 Å². The number of nitrogens with one attached hydrogen (secondary N) is 1. The normalized spacial score (nSPS) is 11.6. The quantitative estimate of drug-likeness (QED) is 0.496. The maximum Gasteiger partial charge on any atom is 0.225 e. The zero-order valence-electron chi connectivity index (χ0n) is 17.0. The van der Waals surface area contributed by atoms with Gasteiger partial charge in [-0.15, -0.1) is 0 Å². The molecular weight excluding hydrogens is 358 g/mol. The predicted molar refractivity (Wildman–Crippen MR) is 114 cm³/mol. The Hall–Kier alpha value is -1.81. The van der Waals surface area contributed by atoms with Crippen LogP contribution in [0.4, 0.5) is 5.82 Å². The number of halogens is 1. The summed E-state index contributed by atoms with van der Waals surface area (Å²) in [5.41, 5.74) is 1.56. The summed E-state index contributed by atoms with van der Waals surface area (Å²) in [6.07, 6.45) is 7.53. The number of nitrogens with zero attached hydrogens (tertiary/aromatic N) is 2. The smallest absolute Gasteiger partial charge is 0.225 e. The van der Waals surface area contributed by atoms with Gasteiger partial charge in [0.15, 0.2) is 0 Å². The number of carbonyl (C=O) groups is 1. The second-order valence-electron chi connectivity index (χ2n) is 8.09. The Labute approximate surface area is 168 Å². The van der Waals surface area contributed by atoms with Gasteiger partial charge in [0.25, 0.3) is 0 Å². The van der Waals surface area contributed by atoms with E-state index in [2.05, 4.69) is 33.0 Å². The molecule has 0 fully saturated rings. The van der Waals surface area contributed by atoms with Crippen LogP contribution in [-0.2, 0) is 10.2 Å². The SMILES string of the molecule is CCCCCCCCC(=O)Nc1cc(C(C)(C)C)nn1-c1ccccc1Cl. The fourth-order valence-corrected chi connectivity index (χ4v) is 3.13. The minimum Gasteiger partial charge on any atom is -0.311 e. The largest absolute Gasteiger partial charge is 0.311 e. The molecule has 0 saturated carbocycles. The van der Waals surface area contributed by atoms with E-state index in [1.807, 2.05) is 30.3 Å². The second kappa shape index (κ2) is 9.93. The molecule has 0 unspecified atom stereocenters. The van der Waals surface area contributed by atoms with Gasteiger partial charge in [0, 0.05) is 17.9 Å². The van der Waals surface area contributed by atoms with E-state index in [9.17, 15) is 4.79 Å². The molecule has 1 heterocycles. The molecule has 4 nitrogen and oxygen atoms in total. The number of hydrogen-bond acceptors (Lipinski definition) is 2. The summed E-state index contributed by atoms with van der Waals surface area (Å²) >= 11 is 6.36. The standard InChI is InChI=1S/C22H32ClN3O/c1-5-6-7-8-9-10-15-21(27)24-20-16-19(22(2,3)4)25-26(20)18-14-12-11-13-17(18)23/h11-14,16H,5-10,15H2,1-4H3,(H,24,27). The van der Waals surface area contributed by atoms with Crippen LogP contribution in [0.5, 0.6) is 0 Å². The van der Waals surface area contributed by atoms with E-state index in [1.54, 1.807) is 4.68 Å². The van der Waals surface area contributed by atoms with Crippen molar-refractivity contribution in [1.82, 2.24) is 9.78 Å². The highest BCUT2D eigenvalue weighted by atomic mass is 35.5. The van der Waals surface area contributed by atoms with Gasteiger partial charge in [-0.1, -0.05) is 83.5 Å². The second-order valence-corrected chi connectivity index (χ2v) is 8.50. The lowest BCUT2D eigenvalue weighted by molar-refractivity contribution is -0.116. The van der Waals surface area contributed by atoms with Crippen molar-refractivity contribution >= 4 is 23.3 Å². The molecule has 0 bridgehead atoms. The summed E-state index contributed by atoms with van der Waals surface area (Å²) in [5, 5.41) is 8.35. The monoisotopic (exact) mass is 389 g/mol. The summed E-state index contributed by atoms with van der Waals surface area (Å²) in [6.45, 7) is 8.53. The third-order valence-electron chi connectivity index (χ3n) is 4.58. The van der Waals surface area contributed by atoms with Gasteiger partial charge in [-0.25, -0.2) is 4.68 Å². The number of hydrogen-bond donors (Lipinski definition) is 1. The van der Waals surface area contributed by atoms with Crippen LogP contribution in [0.3, 0.4) is 0 Å². The zero-order chi connectivity index (χ0) is 19.9. The zero-order valence-corrected chi connectivity index (χ0v) is 17.8. The summed E-state index contributed by atoms with van der Waals surface area (Å²) in [6, 6.07) is 9.49. The number of aromatic nitrogens is 2. The fourth-order valence-electron chi connectivity index (χ4n) is 2.92. The molecule has 0 radical (unpaired) electrons. The Kier molecular flexibility index (Phi) is 7.91. The van der Waals surface area contributed by atoms with Crippen LogP contribution in [0.1, 0.15) is 78.3 Å². The lowest BCUT2D eigenvalue weighted by Gasteiger charge is -2.14. The Morgan fingerprint density at radius 3 is 2.44 bits per heavy atom. The summed E-state index contributed by atoms with van der Waals surface area (Å²) in [7, 11) is 0. The van der Waals surface area contributed by atoms with E-state index < -0.39 is 0 Å². The van der Waals surface area contributed by atoms with Gasteiger partial charge in [0.1, 0.15) is 5.82 Å². The highest BCUT2D eigenvalue weighted by Crippen LogP contribution is 2.29. The molecular formula is C22H32ClN3O. The van der Waals surface area contributed by atoms with Crippen LogP contribution in [0.2, 0.25) is 5.02 Å². The first-order valence-electron chi connectivity index (χ1n) is 9.98. The van der Waals surface area contributed by atoms with Crippen LogP contribution >= 0.6 is 11.6 Å². The first kappa shape index (κ1) is 21.5. The minimum atomic E-state index is -0.120. The number of anilines is 1. The Morgan fingerprint density at radius 1 is 1.11 bits per heavy atom. The van der Waals surface area contributed by atoms with Gasteiger partial charge in [0.2, 0.25) is 5.91 Å². The number of carbonyl (C=O) groups excluding carboxylic acids is 1. The van der Waals surface area contributed by atoms with E-state index in [-0.39, 0.29) is 11.3 Å². The van der Waals surface area contributed by atoms with Crippen LogP contribution < -0.4 is 5.32 Å².